The molecule has 0 heterocycles. The van der Waals surface area contributed by atoms with Crippen LogP contribution in [0, 0.1) is 0 Å². The monoisotopic (exact) mass is 198 g/mol. The Morgan fingerprint density at radius 1 is 1.07 bits per heavy atom. The van der Waals surface area contributed by atoms with Gasteiger partial charge in [-0.25, -0.2) is 0 Å². The summed E-state index contributed by atoms with van der Waals surface area (Å²) in [6.45, 7) is 0. The lowest BCUT2D eigenvalue weighted by Gasteiger charge is -2.10. The minimum Gasteiger partial charge on any atom is -0.512 e. The zero-order valence-electron chi connectivity index (χ0n) is 7.03. The highest BCUT2D eigenvalue weighted by Gasteiger charge is 2.21. The summed E-state index contributed by atoms with van der Waals surface area (Å²) in [5, 5.41) is 43.7. The van der Waals surface area contributed by atoms with Gasteiger partial charge < -0.3 is 29.9 Å². The quantitative estimate of drug-likeness (QED) is 0.341. The first-order chi connectivity index (χ1) is 6.50. The molecule has 0 aliphatic carbocycles. The van der Waals surface area contributed by atoms with Crippen molar-refractivity contribution < 1.29 is 29.9 Å². The molecule has 0 radical (unpaired) electrons. The van der Waals surface area contributed by atoms with Crippen molar-refractivity contribution in [1.82, 2.24) is 0 Å². The van der Waals surface area contributed by atoms with Crippen molar-refractivity contribution in [2.45, 2.75) is 0 Å². The van der Waals surface area contributed by atoms with E-state index in [1.165, 1.54) is 12.1 Å². The van der Waals surface area contributed by atoms with Crippen molar-refractivity contribution in [2.24, 2.45) is 0 Å². The Morgan fingerprint density at radius 2 is 1.71 bits per heavy atom. The maximum absolute atomic E-state index is 9.02. The second kappa shape index (κ2) is 4.34. The van der Waals surface area contributed by atoms with E-state index >= 15 is 0 Å². The van der Waals surface area contributed by atoms with Crippen molar-refractivity contribution in [3.05, 3.63) is 18.2 Å². The Labute approximate surface area is 80.3 Å². The van der Waals surface area contributed by atoms with Crippen LogP contribution < -0.4 is 10.1 Å². The van der Waals surface area contributed by atoms with Crippen molar-refractivity contribution >= 4 is 19.9 Å². The summed E-state index contributed by atoms with van der Waals surface area (Å²) in [5.74, 6) is -0.319. The summed E-state index contributed by atoms with van der Waals surface area (Å²) in [6, 6.07) is 3.44. The lowest BCUT2D eigenvalue weighted by atomic mass is 9.79. The third-order valence-corrected chi connectivity index (χ3v) is 1.50. The van der Waals surface area contributed by atoms with Crippen LogP contribution in [0.15, 0.2) is 18.2 Å². The summed E-state index contributed by atoms with van der Waals surface area (Å²) in [4.78, 5) is 0. The zero-order valence-corrected chi connectivity index (χ0v) is 7.03. The number of phenolic OH excluding ortho intramolecular Hbond substituents is 1. The van der Waals surface area contributed by atoms with Crippen molar-refractivity contribution in [1.29, 1.82) is 0 Å². The maximum atomic E-state index is 9.02. The van der Waals surface area contributed by atoms with Gasteiger partial charge in [-0.1, -0.05) is 0 Å². The van der Waals surface area contributed by atoms with Crippen LogP contribution >= 0.6 is 0 Å². The van der Waals surface area contributed by atoms with Gasteiger partial charge in [0.05, 0.1) is 0 Å². The molecule has 0 fully saturated rings. The second-order valence-electron chi connectivity index (χ2n) is 2.54. The van der Waals surface area contributed by atoms with E-state index in [1.54, 1.807) is 0 Å². The topological polar surface area (TPSA) is 110 Å². The van der Waals surface area contributed by atoms with Gasteiger partial charge in [0.2, 0.25) is 0 Å². The van der Waals surface area contributed by atoms with Gasteiger partial charge in [-0.05, 0) is 18.2 Å². The molecule has 0 spiro atoms. The van der Waals surface area contributed by atoms with Crippen LogP contribution in [-0.2, 0) is 0 Å². The number of aromatic hydroxyl groups is 1. The normalized spacial score (nSPS) is 9.71. The average Bonchev–Trinajstić information content (AvgIpc) is 2.07. The van der Waals surface area contributed by atoms with E-state index in [-0.39, 0.29) is 17.0 Å². The largest absolute Gasteiger partial charge is 0.707 e. The Bertz CT molecular complexity index is 315. The molecular weight excluding hydrogens is 190 g/mol. The minimum atomic E-state index is -2.06. The molecule has 0 saturated heterocycles. The van der Waals surface area contributed by atoms with E-state index in [9.17, 15) is 0 Å². The molecular formula is C6H8B2O6. The first kappa shape index (κ1) is 10.9. The number of phenols is 1. The van der Waals surface area contributed by atoms with E-state index in [4.69, 9.17) is 25.2 Å². The molecule has 0 aliphatic heterocycles. The fourth-order valence-corrected chi connectivity index (χ4v) is 0.959. The Balaban J connectivity index is 3.02. The average molecular weight is 198 g/mol. The van der Waals surface area contributed by atoms with Crippen molar-refractivity contribution in [3.63, 3.8) is 0 Å². The van der Waals surface area contributed by atoms with E-state index in [1.807, 2.05) is 0 Å². The predicted octanol–water partition coefficient (Wildman–Crippen LogP) is -2.58. The number of rotatable bonds is 3. The summed E-state index contributed by atoms with van der Waals surface area (Å²) < 4.78 is 4.44. The predicted molar refractivity (Wildman–Crippen MR) is 48.8 cm³/mol. The Hall–Kier alpha value is -1.21. The van der Waals surface area contributed by atoms with Crippen LogP contribution in [0.2, 0.25) is 0 Å². The molecule has 0 atom stereocenters. The molecule has 0 bridgehead atoms. The van der Waals surface area contributed by atoms with Gasteiger partial charge in [-0.3, -0.25) is 0 Å². The molecule has 0 amide bonds. The summed E-state index contributed by atoms with van der Waals surface area (Å²) in [7, 11) is -3.92. The molecule has 74 valence electrons. The number of hydrogen-bond donors (Lipinski definition) is 5. The summed E-state index contributed by atoms with van der Waals surface area (Å²) >= 11 is 0. The van der Waals surface area contributed by atoms with E-state index in [0.29, 0.717) is 0 Å². The summed E-state index contributed by atoms with van der Waals surface area (Å²) in [5.41, 5.74) is -0.155. The maximum Gasteiger partial charge on any atom is 0.707 e. The Kier molecular flexibility index (Phi) is 3.37. The van der Waals surface area contributed by atoms with Crippen LogP contribution in [0.4, 0.5) is 0 Å². The van der Waals surface area contributed by atoms with Gasteiger partial charge >= 0.3 is 14.4 Å². The Morgan fingerprint density at radius 3 is 2.21 bits per heavy atom. The highest BCUT2D eigenvalue weighted by Crippen LogP contribution is 2.14. The fourth-order valence-electron chi connectivity index (χ4n) is 0.959. The molecule has 8 heteroatoms. The number of hydrogen-bond acceptors (Lipinski definition) is 6. The lowest BCUT2D eigenvalue weighted by Crippen LogP contribution is -2.34. The molecule has 14 heavy (non-hydrogen) atoms. The standard InChI is InChI=1S/C6H8B2O6/c9-4-1-2-6(14-8(12)13)5(3-4)7(10)11/h1-3,9-13H. The number of benzene rings is 1. The zero-order chi connectivity index (χ0) is 10.7. The molecule has 1 aromatic carbocycles. The van der Waals surface area contributed by atoms with Gasteiger partial charge in [0.1, 0.15) is 11.5 Å². The van der Waals surface area contributed by atoms with Gasteiger partial charge in [0, 0.05) is 5.46 Å². The van der Waals surface area contributed by atoms with Crippen molar-refractivity contribution in [2.75, 3.05) is 0 Å². The molecule has 0 unspecified atom stereocenters. The van der Waals surface area contributed by atoms with Gasteiger partial charge in [0.25, 0.3) is 0 Å². The molecule has 0 aliphatic rings. The van der Waals surface area contributed by atoms with Crippen molar-refractivity contribution in [3.8, 4) is 11.5 Å². The highest BCUT2D eigenvalue weighted by molar-refractivity contribution is 6.60. The molecule has 6 nitrogen and oxygen atoms in total. The summed E-state index contributed by atoms with van der Waals surface area (Å²) in [6.07, 6.45) is 0. The second-order valence-corrected chi connectivity index (χ2v) is 2.54. The molecule has 0 saturated carbocycles. The smallest absolute Gasteiger partial charge is 0.512 e. The van der Waals surface area contributed by atoms with E-state index < -0.39 is 14.4 Å². The fraction of sp³-hybridized carbons (Fsp3) is 0. The van der Waals surface area contributed by atoms with Crippen LogP contribution in [-0.4, -0.2) is 39.6 Å². The van der Waals surface area contributed by atoms with Gasteiger partial charge in [0.15, 0.2) is 0 Å². The van der Waals surface area contributed by atoms with Gasteiger partial charge in [-0.2, -0.15) is 0 Å². The minimum absolute atomic E-state index is 0.132. The van der Waals surface area contributed by atoms with Gasteiger partial charge in [-0.15, -0.1) is 0 Å². The van der Waals surface area contributed by atoms with E-state index in [0.717, 1.165) is 6.07 Å². The van der Waals surface area contributed by atoms with E-state index in [2.05, 4.69) is 4.65 Å². The van der Waals surface area contributed by atoms with Crippen LogP contribution in [0.5, 0.6) is 11.5 Å². The van der Waals surface area contributed by atoms with Crippen LogP contribution in [0.1, 0.15) is 0 Å². The highest BCUT2D eigenvalue weighted by atomic mass is 16.6. The molecule has 1 rings (SSSR count). The third kappa shape index (κ3) is 2.64. The third-order valence-electron chi connectivity index (χ3n) is 1.50. The first-order valence-corrected chi connectivity index (χ1v) is 3.72. The molecule has 1 aromatic rings. The first-order valence-electron chi connectivity index (χ1n) is 3.72. The molecule has 5 N–H and O–H groups in total. The molecule has 0 aromatic heterocycles. The SMILES string of the molecule is OB(O)Oc1ccc(O)cc1B(O)O. The van der Waals surface area contributed by atoms with Crippen LogP contribution in [0.25, 0.3) is 0 Å². The lowest BCUT2D eigenvalue weighted by molar-refractivity contribution is 0.288. The van der Waals surface area contributed by atoms with Crippen LogP contribution in [0.3, 0.4) is 0 Å².